The molecule has 0 amide bonds. The first-order chi connectivity index (χ1) is 21.7. The molecule has 0 unspecified atom stereocenters. The normalized spacial score (nSPS) is 11.3. The van der Waals surface area contributed by atoms with E-state index in [-0.39, 0.29) is 23.6 Å². The average Bonchev–Trinajstić information content (AvgIpc) is 3.03. The molecule has 1 aromatic heterocycles. The fourth-order valence-corrected chi connectivity index (χ4v) is 5.10. The van der Waals surface area contributed by atoms with Crippen molar-refractivity contribution in [3.63, 3.8) is 0 Å². The van der Waals surface area contributed by atoms with Gasteiger partial charge in [0, 0.05) is 11.1 Å². The second kappa shape index (κ2) is 13.5. The van der Waals surface area contributed by atoms with Crippen LogP contribution in [0.4, 0.5) is 0 Å². The lowest BCUT2D eigenvalue weighted by atomic mass is 9.96. The topological polar surface area (TPSA) is 112 Å². The zero-order valence-corrected chi connectivity index (χ0v) is 25.9. The van der Waals surface area contributed by atoms with E-state index in [1.54, 1.807) is 54.7 Å². The number of hydrogen-bond donors (Lipinski definition) is 1. The van der Waals surface area contributed by atoms with Crippen LogP contribution in [0, 0.1) is 6.92 Å². The Hall–Kier alpha value is -5.44. The van der Waals surface area contributed by atoms with E-state index in [4.69, 9.17) is 19.2 Å². The molecular formula is C36H35N3O6. The Balaban J connectivity index is 1.63. The fourth-order valence-electron chi connectivity index (χ4n) is 5.10. The van der Waals surface area contributed by atoms with Crippen molar-refractivity contribution in [3.05, 3.63) is 117 Å². The predicted molar refractivity (Wildman–Crippen MR) is 175 cm³/mol. The van der Waals surface area contributed by atoms with Crippen molar-refractivity contribution >= 4 is 23.1 Å². The Bertz CT molecular complexity index is 1960. The van der Waals surface area contributed by atoms with E-state index >= 15 is 0 Å². The molecule has 4 aromatic carbocycles. The molecule has 9 nitrogen and oxygen atoms in total. The number of carboxylic acid groups (broad SMARTS) is 1. The molecule has 1 N–H and O–H groups in total. The van der Waals surface area contributed by atoms with Crippen LogP contribution in [0.5, 0.6) is 17.2 Å². The van der Waals surface area contributed by atoms with E-state index in [1.807, 2.05) is 38.1 Å². The summed E-state index contributed by atoms with van der Waals surface area (Å²) in [7, 11) is 1.53. The SMILES string of the molecule is CCOc1cc(C)c(-c2nc3ccccc3c(=O)n2N=Cc2cccc(OC)c2OCc2cccc(C(=O)O)c2)cc1C(C)C. The van der Waals surface area contributed by atoms with Gasteiger partial charge in [0.2, 0.25) is 0 Å². The third kappa shape index (κ3) is 6.57. The van der Waals surface area contributed by atoms with E-state index in [9.17, 15) is 14.7 Å². The van der Waals surface area contributed by atoms with Crippen molar-refractivity contribution < 1.29 is 24.1 Å². The first kappa shape index (κ1) is 31.0. The smallest absolute Gasteiger partial charge is 0.335 e. The van der Waals surface area contributed by atoms with Gasteiger partial charge in [-0.3, -0.25) is 4.79 Å². The number of aromatic carboxylic acids is 1. The number of ether oxygens (including phenoxy) is 3. The van der Waals surface area contributed by atoms with E-state index in [2.05, 4.69) is 18.9 Å². The molecule has 0 aliphatic heterocycles. The second-order valence-corrected chi connectivity index (χ2v) is 10.8. The number of carbonyl (C=O) groups is 1. The van der Waals surface area contributed by atoms with Gasteiger partial charge in [-0.25, -0.2) is 9.78 Å². The van der Waals surface area contributed by atoms with Gasteiger partial charge in [-0.2, -0.15) is 9.78 Å². The van der Waals surface area contributed by atoms with Crippen LogP contribution in [0.3, 0.4) is 0 Å². The van der Waals surface area contributed by atoms with Crippen LogP contribution >= 0.6 is 0 Å². The van der Waals surface area contributed by atoms with Gasteiger partial charge >= 0.3 is 5.97 Å². The van der Waals surface area contributed by atoms with Gasteiger partial charge in [0.1, 0.15) is 12.4 Å². The summed E-state index contributed by atoms with van der Waals surface area (Å²) in [5, 5.41) is 14.5. The van der Waals surface area contributed by atoms with Crippen LogP contribution in [0.1, 0.15) is 59.3 Å². The lowest BCUT2D eigenvalue weighted by molar-refractivity contribution is 0.0696. The Morgan fingerprint density at radius 2 is 1.78 bits per heavy atom. The number of para-hydroxylation sites is 2. The predicted octanol–water partition coefficient (Wildman–Crippen LogP) is 7.06. The minimum atomic E-state index is -1.02. The number of aryl methyl sites for hydroxylation is 1. The fraction of sp³-hybridized carbons (Fsp3) is 0.222. The van der Waals surface area contributed by atoms with Crippen LogP contribution in [0.2, 0.25) is 0 Å². The second-order valence-electron chi connectivity index (χ2n) is 10.8. The van der Waals surface area contributed by atoms with Gasteiger partial charge in [0.25, 0.3) is 5.56 Å². The number of rotatable bonds is 11. The zero-order chi connectivity index (χ0) is 32.1. The van der Waals surface area contributed by atoms with Crippen LogP contribution in [-0.4, -0.2) is 40.7 Å². The van der Waals surface area contributed by atoms with Crippen molar-refractivity contribution in [2.75, 3.05) is 13.7 Å². The highest BCUT2D eigenvalue weighted by Gasteiger charge is 2.19. The summed E-state index contributed by atoms with van der Waals surface area (Å²) in [4.78, 5) is 30.3. The van der Waals surface area contributed by atoms with Gasteiger partial charge in [-0.1, -0.05) is 44.2 Å². The number of benzene rings is 4. The van der Waals surface area contributed by atoms with Gasteiger partial charge < -0.3 is 19.3 Å². The molecule has 0 saturated carbocycles. The molecule has 0 atom stereocenters. The highest BCUT2D eigenvalue weighted by Crippen LogP contribution is 2.35. The number of aromatic nitrogens is 2. The lowest BCUT2D eigenvalue weighted by Gasteiger charge is -2.18. The summed E-state index contributed by atoms with van der Waals surface area (Å²) >= 11 is 0. The molecule has 0 spiro atoms. The summed E-state index contributed by atoms with van der Waals surface area (Å²) in [6.07, 6.45) is 1.54. The first-order valence-electron chi connectivity index (χ1n) is 14.7. The molecule has 0 aliphatic rings. The van der Waals surface area contributed by atoms with Gasteiger partial charge in [0.15, 0.2) is 17.3 Å². The molecule has 0 saturated heterocycles. The monoisotopic (exact) mass is 605 g/mol. The molecule has 230 valence electrons. The van der Waals surface area contributed by atoms with Crippen molar-refractivity contribution in [3.8, 4) is 28.6 Å². The van der Waals surface area contributed by atoms with Crippen LogP contribution in [0.15, 0.2) is 88.8 Å². The minimum absolute atomic E-state index is 0.0917. The Morgan fingerprint density at radius 1 is 1.00 bits per heavy atom. The zero-order valence-electron chi connectivity index (χ0n) is 25.9. The Labute approximate surface area is 261 Å². The Kier molecular flexibility index (Phi) is 9.28. The molecule has 0 radical (unpaired) electrons. The largest absolute Gasteiger partial charge is 0.494 e. The van der Waals surface area contributed by atoms with E-state index in [0.717, 1.165) is 22.4 Å². The molecular weight excluding hydrogens is 570 g/mol. The summed E-state index contributed by atoms with van der Waals surface area (Å²) in [5.41, 5.74) is 4.31. The summed E-state index contributed by atoms with van der Waals surface area (Å²) in [5.74, 6) is 1.21. The molecule has 0 fully saturated rings. The molecule has 1 heterocycles. The molecule has 5 rings (SSSR count). The molecule has 0 bridgehead atoms. The third-order valence-corrected chi connectivity index (χ3v) is 7.37. The molecule has 45 heavy (non-hydrogen) atoms. The number of fused-ring (bicyclic) bond motifs is 1. The van der Waals surface area contributed by atoms with E-state index in [0.29, 0.717) is 46.0 Å². The maximum absolute atomic E-state index is 13.9. The van der Waals surface area contributed by atoms with Gasteiger partial charge in [-0.15, -0.1) is 0 Å². The van der Waals surface area contributed by atoms with Crippen molar-refractivity contribution in [1.82, 2.24) is 9.66 Å². The third-order valence-electron chi connectivity index (χ3n) is 7.37. The van der Waals surface area contributed by atoms with Crippen molar-refractivity contribution in [1.29, 1.82) is 0 Å². The maximum Gasteiger partial charge on any atom is 0.335 e. The quantitative estimate of drug-likeness (QED) is 0.160. The molecule has 9 heteroatoms. The van der Waals surface area contributed by atoms with Crippen molar-refractivity contribution in [2.45, 2.75) is 40.2 Å². The lowest BCUT2D eigenvalue weighted by Crippen LogP contribution is -2.21. The van der Waals surface area contributed by atoms with Crippen LogP contribution in [-0.2, 0) is 6.61 Å². The summed E-state index contributed by atoms with van der Waals surface area (Å²) in [6, 6.07) is 23.1. The highest BCUT2D eigenvalue weighted by atomic mass is 16.5. The maximum atomic E-state index is 13.9. The Morgan fingerprint density at radius 3 is 2.51 bits per heavy atom. The van der Waals surface area contributed by atoms with E-state index < -0.39 is 5.97 Å². The average molecular weight is 606 g/mol. The van der Waals surface area contributed by atoms with Crippen molar-refractivity contribution in [2.24, 2.45) is 5.10 Å². The van der Waals surface area contributed by atoms with Gasteiger partial charge in [-0.05, 0) is 85.0 Å². The van der Waals surface area contributed by atoms with Gasteiger partial charge in [0.05, 0.1) is 36.4 Å². The number of nitrogens with zero attached hydrogens (tertiary/aromatic N) is 3. The summed E-state index contributed by atoms with van der Waals surface area (Å²) < 4.78 is 19.0. The molecule has 5 aromatic rings. The highest BCUT2D eigenvalue weighted by molar-refractivity contribution is 5.88. The molecule has 0 aliphatic carbocycles. The number of methoxy groups -OCH3 is 1. The number of carboxylic acids is 1. The standard InChI is InChI=1S/C36H35N3O6/c1-6-44-32-17-23(4)29(19-28(32)22(2)3)34-38-30-15-8-7-14-27(30)35(40)39(34)37-20-26-13-10-16-31(43-5)33(26)45-21-24-11-9-12-25(18-24)36(41)42/h7-20,22H,6,21H2,1-5H3,(H,41,42). The first-order valence-corrected chi connectivity index (χ1v) is 14.7. The van der Waals surface area contributed by atoms with E-state index in [1.165, 1.54) is 17.9 Å². The summed E-state index contributed by atoms with van der Waals surface area (Å²) in [6.45, 7) is 8.74. The number of hydrogen-bond acceptors (Lipinski definition) is 7. The minimum Gasteiger partial charge on any atom is -0.494 e. The van der Waals surface area contributed by atoms with Crippen LogP contribution < -0.4 is 19.8 Å². The van der Waals surface area contributed by atoms with Crippen LogP contribution in [0.25, 0.3) is 22.3 Å².